The van der Waals surface area contributed by atoms with Crippen molar-refractivity contribution in [3.05, 3.63) is 97.2 Å². The van der Waals surface area contributed by atoms with Crippen LogP contribution in [0.3, 0.4) is 0 Å². The molecule has 0 aliphatic rings. The van der Waals surface area contributed by atoms with E-state index in [0.717, 1.165) is 83.5 Å². The maximum atomic E-state index is 12.8. The van der Waals surface area contributed by atoms with Crippen molar-refractivity contribution < 1.29 is 42.9 Å². The summed E-state index contributed by atoms with van der Waals surface area (Å²) in [5, 5.41) is 11.7. The lowest BCUT2D eigenvalue weighted by Gasteiger charge is -2.26. The minimum Gasteiger partial charge on any atom is -0.545 e. The molecule has 0 aliphatic heterocycles. The van der Waals surface area contributed by atoms with Crippen LogP contribution in [0.4, 0.5) is 0 Å². The number of allylic oxidation sites excluding steroid dienone is 16. The van der Waals surface area contributed by atoms with Crippen molar-refractivity contribution in [2.45, 2.75) is 180 Å². The molecule has 0 rings (SSSR count). The summed E-state index contributed by atoms with van der Waals surface area (Å²) in [6.45, 7) is 4.51. The second-order valence-corrected chi connectivity index (χ2v) is 17.0. The van der Waals surface area contributed by atoms with Crippen LogP contribution in [0.15, 0.2) is 97.2 Å². The van der Waals surface area contributed by atoms with E-state index in [2.05, 4.69) is 105 Å². The first kappa shape index (κ1) is 59.2. The zero-order valence-electron chi connectivity index (χ0n) is 40.4. The van der Waals surface area contributed by atoms with Crippen molar-refractivity contribution in [1.82, 2.24) is 0 Å². The fourth-order valence-electron chi connectivity index (χ4n) is 6.05. The summed E-state index contributed by atoms with van der Waals surface area (Å²) in [4.78, 5) is 37.1. The van der Waals surface area contributed by atoms with E-state index in [1.54, 1.807) is 0 Å². The number of unbranched alkanes of at least 4 members (excludes halogenated alkanes) is 12. The molecule has 0 aliphatic carbocycles. The number of ether oxygens (including phenoxy) is 4. The van der Waals surface area contributed by atoms with Crippen LogP contribution >= 0.6 is 0 Å². The highest BCUT2D eigenvalue weighted by Crippen LogP contribution is 2.12. The van der Waals surface area contributed by atoms with Gasteiger partial charge in [0.2, 0.25) is 0 Å². The molecule has 0 heterocycles. The van der Waals surface area contributed by atoms with Gasteiger partial charge in [0, 0.05) is 12.8 Å². The Labute approximate surface area is 384 Å². The maximum Gasteiger partial charge on any atom is 0.306 e. The first-order valence-electron chi connectivity index (χ1n) is 24.4. The Morgan fingerprint density at radius 3 is 1.40 bits per heavy atom. The molecule has 0 bridgehead atoms. The number of hydrogen-bond donors (Lipinski definition) is 0. The smallest absolute Gasteiger partial charge is 0.306 e. The molecule has 0 saturated heterocycles. The first-order chi connectivity index (χ1) is 30.6. The Bertz CT molecular complexity index is 1350. The van der Waals surface area contributed by atoms with Crippen molar-refractivity contribution in [1.29, 1.82) is 0 Å². The lowest BCUT2D eigenvalue weighted by atomic mass is 10.1. The van der Waals surface area contributed by atoms with Crippen LogP contribution in [0.1, 0.15) is 168 Å². The molecule has 0 fully saturated rings. The average Bonchev–Trinajstić information content (AvgIpc) is 3.24. The van der Waals surface area contributed by atoms with E-state index in [0.29, 0.717) is 30.3 Å². The molecule has 63 heavy (non-hydrogen) atoms. The summed E-state index contributed by atoms with van der Waals surface area (Å²) in [6, 6.07) is 0. The number of aliphatic carboxylic acids is 1. The molecule has 9 heteroatoms. The lowest BCUT2D eigenvalue weighted by molar-refractivity contribution is -0.870. The molecule has 0 radical (unpaired) electrons. The van der Waals surface area contributed by atoms with E-state index in [4.69, 9.17) is 18.9 Å². The SMILES string of the molecule is CC/C=C\C/C=C\C/C=C\C/C=C\C/C=C\CCCC(=O)OC(COC(=O)CCCCCCCC/C=C\C/C=C\C/C=C\CCCCCCC)COC(OCC[N+](C)(C)C)C(=O)[O-]. The Kier molecular flexibility index (Phi) is 42.1. The molecule has 9 nitrogen and oxygen atoms in total. The van der Waals surface area contributed by atoms with Gasteiger partial charge in [-0.2, -0.15) is 0 Å². The van der Waals surface area contributed by atoms with Crippen LogP contribution in [-0.4, -0.2) is 82.3 Å². The molecule has 0 aromatic carbocycles. The largest absolute Gasteiger partial charge is 0.545 e. The molecule has 0 aromatic rings. The zero-order chi connectivity index (χ0) is 46.3. The minimum atomic E-state index is -1.64. The predicted octanol–water partition coefficient (Wildman–Crippen LogP) is 12.1. The van der Waals surface area contributed by atoms with Gasteiger partial charge in [-0.25, -0.2) is 0 Å². The molecular formula is C54H89NO8. The second-order valence-electron chi connectivity index (χ2n) is 17.0. The number of carbonyl (C=O) groups excluding carboxylic acids is 3. The zero-order valence-corrected chi connectivity index (χ0v) is 40.4. The molecular weight excluding hydrogens is 791 g/mol. The van der Waals surface area contributed by atoms with Gasteiger partial charge in [-0.1, -0.05) is 162 Å². The Hall–Kier alpha value is -3.79. The van der Waals surface area contributed by atoms with Gasteiger partial charge in [-0.15, -0.1) is 0 Å². The monoisotopic (exact) mass is 880 g/mol. The van der Waals surface area contributed by atoms with Gasteiger partial charge >= 0.3 is 11.9 Å². The fourth-order valence-corrected chi connectivity index (χ4v) is 6.05. The number of rotatable bonds is 43. The summed E-state index contributed by atoms with van der Waals surface area (Å²) in [5.41, 5.74) is 0. The van der Waals surface area contributed by atoms with Crippen molar-refractivity contribution in [2.75, 3.05) is 47.5 Å². The Morgan fingerprint density at radius 1 is 0.492 bits per heavy atom. The van der Waals surface area contributed by atoms with Crippen LogP contribution in [-0.2, 0) is 33.3 Å². The topological polar surface area (TPSA) is 111 Å². The van der Waals surface area contributed by atoms with Crippen LogP contribution in [0.5, 0.6) is 0 Å². The highest BCUT2D eigenvalue weighted by Gasteiger charge is 2.21. The standard InChI is InChI=1S/C54H89NO8/c1-6-8-10-12-14-16-18-20-22-24-25-26-27-29-30-32-34-36-38-40-42-44-51(56)61-48-50(49-62-54(53(58)59)60-47-46-55(3,4)5)63-52(57)45-43-41-39-37-35-33-31-28-23-21-19-17-15-13-11-9-7-2/h9,11,15,17-18,20-21,23-25,27,29,31,33,37,39,50,54H,6-8,10,12-14,16,19,22,26,28,30,32,34-36,38,40-49H2,1-5H3/b11-9-,17-15-,20-18-,23-21-,25-24-,29-27-,33-31-,39-37-. The lowest BCUT2D eigenvalue weighted by Crippen LogP contribution is -2.44. The summed E-state index contributed by atoms with van der Waals surface area (Å²) in [7, 11) is 5.88. The molecule has 0 saturated carbocycles. The summed E-state index contributed by atoms with van der Waals surface area (Å²) >= 11 is 0. The van der Waals surface area contributed by atoms with Gasteiger partial charge in [0.1, 0.15) is 13.2 Å². The number of hydrogen-bond acceptors (Lipinski definition) is 8. The Morgan fingerprint density at radius 2 is 0.921 bits per heavy atom. The molecule has 0 spiro atoms. The number of esters is 2. The average molecular weight is 880 g/mol. The van der Waals surface area contributed by atoms with Crippen LogP contribution in [0.25, 0.3) is 0 Å². The quantitative estimate of drug-likeness (QED) is 0.0196. The third-order valence-electron chi connectivity index (χ3n) is 9.82. The van der Waals surface area contributed by atoms with E-state index in [1.165, 1.54) is 38.5 Å². The molecule has 0 N–H and O–H groups in total. The Balaban J connectivity index is 4.50. The van der Waals surface area contributed by atoms with Crippen molar-refractivity contribution in [3.8, 4) is 0 Å². The fraction of sp³-hybridized carbons (Fsp3) is 0.648. The number of carbonyl (C=O) groups is 3. The first-order valence-corrected chi connectivity index (χ1v) is 24.4. The number of quaternary nitrogens is 1. The third kappa shape index (κ3) is 46.0. The summed E-state index contributed by atoms with van der Waals surface area (Å²) in [6.07, 6.45) is 55.9. The molecule has 2 unspecified atom stereocenters. The highest BCUT2D eigenvalue weighted by atomic mass is 16.7. The van der Waals surface area contributed by atoms with Crippen molar-refractivity contribution in [3.63, 3.8) is 0 Å². The second kappa shape index (κ2) is 44.8. The van der Waals surface area contributed by atoms with E-state index in [9.17, 15) is 19.5 Å². The summed E-state index contributed by atoms with van der Waals surface area (Å²) < 4.78 is 22.5. The third-order valence-corrected chi connectivity index (χ3v) is 9.82. The van der Waals surface area contributed by atoms with E-state index in [-0.39, 0.29) is 32.7 Å². The molecule has 2 atom stereocenters. The van der Waals surface area contributed by atoms with Crippen molar-refractivity contribution in [2.24, 2.45) is 0 Å². The van der Waals surface area contributed by atoms with Crippen molar-refractivity contribution >= 4 is 17.9 Å². The normalized spacial score (nSPS) is 13.7. The van der Waals surface area contributed by atoms with Gasteiger partial charge in [-0.3, -0.25) is 9.59 Å². The highest BCUT2D eigenvalue weighted by molar-refractivity contribution is 5.70. The number of carboxylic acid groups (broad SMARTS) is 1. The van der Waals surface area contributed by atoms with Crippen LogP contribution in [0.2, 0.25) is 0 Å². The van der Waals surface area contributed by atoms with Crippen LogP contribution < -0.4 is 5.11 Å². The number of nitrogens with zero attached hydrogens (tertiary/aromatic N) is 1. The molecule has 0 aromatic heterocycles. The molecule has 0 amide bonds. The van der Waals surface area contributed by atoms with Gasteiger partial charge < -0.3 is 33.3 Å². The van der Waals surface area contributed by atoms with Gasteiger partial charge in [0.05, 0.1) is 40.3 Å². The number of carboxylic acids is 1. The van der Waals surface area contributed by atoms with Crippen LogP contribution in [0, 0.1) is 0 Å². The minimum absolute atomic E-state index is 0.129. The van der Waals surface area contributed by atoms with Gasteiger partial charge in [0.15, 0.2) is 12.4 Å². The predicted molar refractivity (Wildman–Crippen MR) is 260 cm³/mol. The number of likely N-dealkylation sites (N-methyl/N-ethyl adjacent to an activating group) is 1. The van der Waals surface area contributed by atoms with Gasteiger partial charge in [-0.05, 0) is 89.9 Å². The summed E-state index contributed by atoms with van der Waals surface area (Å²) in [5.74, 6) is -2.40. The van der Waals surface area contributed by atoms with E-state index in [1.807, 2.05) is 27.2 Å². The van der Waals surface area contributed by atoms with Gasteiger partial charge in [0.25, 0.3) is 0 Å². The van der Waals surface area contributed by atoms with E-state index >= 15 is 0 Å². The maximum absolute atomic E-state index is 12.8. The molecule has 358 valence electrons. The van der Waals surface area contributed by atoms with E-state index < -0.39 is 30.3 Å².